The summed E-state index contributed by atoms with van der Waals surface area (Å²) < 4.78 is 17.6. The summed E-state index contributed by atoms with van der Waals surface area (Å²) in [7, 11) is 0. The summed E-state index contributed by atoms with van der Waals surface area (Å²) in [6, 6.07) is 4.04. The van der Waals surface area contributed by atoms with Gasteiger partial charge in [-0.25, -0.2) is 0 Å². The van der Waals surface area contributed by atoms with E-state index in [-0.39, 0.29) is 4.49 Å². The van der Waals surface area contributed by atoms with E-state index in [9.17, 15) is 0 Å². The maximum absolute atomic E-state index is 6.11. The molecule has 164 valence electrons. The Morgan fingerprint density at radius 1 is 0.931 bits per heavy atom. The third kappa shape index (κ3) is 11.4. The summed E-state index contributed by atoms with van der Waals surface area (Å²) in [5, 5.41) is 3.86. The molecule has 1 aromatic rings. The van der Waals surface area contributed by atoms with Crippen molar-refractivity contribution < 1.29 is 19.0 Å². The first-order valence-electron chi connectivity index (χ1n) is 10.1. The van der Waals surface area contributed by atoms with Crippen molar-refractivity contribution in [2.75, 3.05) is 33.0 Å². The lowest BCUT2D eigenvalue weighted by molar-refractivity contribution is 0.0483. The zero-order valence-corrected chi connectivity index (χ0v) is 19.4. The van der Waals surface area contributed by atoms with Crippen LogP contribution in [0.2, 0.25) is 0 Å². The first-order chi connectivity index (χ1) is 14.0. The van der Waals surface area contributed by atoms with Gasteiger partial charge in [0.2, 0.25) is 0 Å². The van der Waals surface area contributed by atoms with Crippen LogP contribution in [0.15, 0.2) is 27.9 Å². The number of halogens is 2. The van der Waals surface area contributed by atoms with Crippen molar-refractivity contribution in [2.24, 2.45) is 5.16 Å². The van der Waals surface area contributed by atoms with Gasteiger partial charge in [0.15, 0.2) is 0 Å². The smallest absolute Gasteiger partial charge is 0.140 e. The average Bonchev–Trinajstić information content (AvgIpc) is 2.68. The molecule has 0 bridgehead atoms. The lowest BCUT2D eigenvalue weighted by Crippen LogP contribution is -2.07. The molecule has 1 rings (SSSR count). The van der Waals surface area contributed by atoms with Gasteiger partial charge in [0, 0.05) is 6.61 Å². The molecule has 5 nitrogen and oxygen atoms in total. The minimum Gasteiger partial charge on any atom is -0.493 e. The number of oxime groups is 1. The molecule has 0 spiro atoms. The highest BCUT2D eigenvalue weighted by Crippen LogP contribution is 2.31. The fraction of sp³-hybridized carbons (Fsp3) is 0.591. The Morgan fingerprint density at radius 2 is 1.59 bits per heavy atom. The Morgan fingerprint density at radius 3 is 2.17 bits per heavy atom. The Labute approximate surface area is 184 Å². The first kappa shape index (κ1) is 25.6. The van der Waals surface area contributed by atoms with Crippen LogP contribution in [-0.4, -0.2) is 38.7 Å². The number of hydrogen-bond acceptors (Lipinski definition) is 5. The minimum atomic E-state index is 0.206. The third-order valence-electron chi connectivity index (χ3n) is 3.96. The van der Waals surface area contributed by atoms with Gasteiger partial charge in [-0.2, -0.15) is 0 Å². The van der Waals surface area contributed by atoms with Crippen LogP contribution in [0, 0.1) is 0 Å². The highest BCUT2D eigenvalue weighted by molar-refractivity contribution is 6.55. The van der Waals surface area contributed by atoms with Crippen LogP contribution in [0.5, 0.6) is 11.5 Å². The molecule has 0 N–H and O–H groups in total. The van der Waals surface area contributed by atoms with Crippen molar-refractivity contribution >= 4 is 28.9 Å². The summed E-state index contributed by atoms with van der Waals surface area (Å²) in [6.45, 7) is 10.7. The molecule has 29 heavy (non-hydrogen) atoms. The van der Waals surface area contributed by atoms with Gasteiger partial charge in [-0.05, 0) is 68.9 Å². The predicted molar refractivity (Wildman–Crippen MR) is 121 cm³/mol. The second kappa shape index (κ2) is 15.4. The van der Waals surface area contributed by atoms with Crippen LogP contribution in [0.3, 0.4) is 0 Å². The van der Waals surface area contributed by atoms with Crippen molar-refractivity contribution in [1.29, 1.82) is 0 Å². The Bertz CT molecular complexity index is 629. The van der Waals surface area contributed by atoms with E-state index in [4.69, 9.17) is 42.3 Å². The maximum Gasteiger partial charge on any atom is 0.140 e. The number of aryl methyl sites for hydroxylation is 2. The lowest BCUT2D eigenvalue weighted by Gasteiger charge is -2.17. The molecule has 0 saturated heterocycles. The monoisotopic (exact) mass is 445 g/mol. The van der Waals surface area contributed by atoms with Crippen molar-refractivity contribution in [2.45, 2.75) is 53.4 Å². The van der Waals surface area contributed by atoms with Crippen molar-refractivity contribution in [1.82, 2.24) is 0 Å². The highest BCUT2D eigenvalue weighted by atomic mass is 35.5. The van der Waals surface area contributed by atoms with Gasteiger partial charge in [-0.3, -0.25) is 0 Å². The topological polar surface area (TPSA) is 49.3 Å². The Balaban J connectivity index is 2.42. The average molecular weight is 446 g/mol. The molecule has 0 aliphatic rings. The molecule has 0 atom stereocenters. The van der Waals surface area contributed by atoms with E-state index in [1.165, 1.54) is 0 Å². The summed E-state index contributed by atoms with van der Waals surface area (Å²) >= 11 is 11.3. The molecule has 0 aromatic heterocycles. The number of unbranched alkanes of at least 4 members (excludes halogenated alkanes) is 1. The number of ether oxygens (including phenoxy) is 3. The van der Waals surface area contributed by atoms with Crippen LogP contribution in [-0.2, 0) is 22.4 Å². The fourth-order valence-electron chi connectivity index (χ4n) is 2.57. The SMILES string of the molecule is CCc1cc(OCC=C(Cl)Cl)cc(CC)c1OCCCCOCCON=C(C)C. The van der Waals surface area contributed by atoms with Crippen molar-refractivity contribution in [3.63, 3.8) is 0 Å². The summed E-state index contributed by atoms with van der Waals surface area (Å²) in [5.74, 6) is 1.77. The number of rotatable bonds is 15. The van der Waals surface area contributed by atoms with Crippen LogP contribution in [0.25, 0.3) is 0 Å². The first-order valence-corrected chi connectivity index (χ1v) is 10.9. The van der Waals surface area contributed by atoms with Gasteiger partial charge in [0.25, 0.3) is 0 Å². The van der Waals surface area contributed by atoms with Gasteiger partial charge in [-0.1, -0.05) is 42.2 Å². The van der Waals surface area contributed by atoms with Crippen LogP contribution in [0.4, 0.5) is 0 Å². The molecule has 7 heteroatoms. The highest BCUT2D eigenvalue weighted by Gasteiger charge is 2.11. The molecule has 0 heterocycles. The van der Waals surface area contributed by atoms with Crippen molar-refractivity contribution in [3.05, 3.63) is 33.8 Å². The fourth-order valence-corrected chi connectivity index (χ4v) is 2.70. The van der Waals surface area contributed by atoms with Gasteiger partial charge in [0.05, 0.1) is 18.9 Å². The van der Waals surface area contributed by atoms with Gasteiger partial charge in [-0.15, -0.1) is 0 Å². The maximum atomic E-state index is 6.11. The number of hydrogen-bond donors (Lipinski definition) is 0. The van der Waals surface area contributed by atoms with E-state index < -0.39 is 0 Å². The van der Waals surface area contributed by atoms with Gasteiger partial charge < -0.3 is 19.0 Å². The minimum absolute atomic E-state index is 0.206. The second-order valence-electron chi connectivity index (χ2n) is 6.62. The number of benzene rings is 1. The van der Waals surface area contributed by atoms with Crippen LogP contribution >= 0.6 is 23.2 Å². The van der Waals surface area contributed by atoms with Crippen LogP contribution < -0.4 is 9.47 Å². The van der Waals surface area contributed by atoms with E-state index in [1.807, 2.05) is 26.0 Å². The zero-order valence-electron chi connectivity index (χ0n) is 17.9. The molecule has 0 aliphatic heterocycles. The lowest BCUT2D eigenvalue weighted by atomic mass is 10.0. The standard InChI is InChI=1S/C22H33Cl2NO4/c1-5-18-15-20(27-12-9-21(23)24)16-19(6-2)22(18)28-11-8-7-10-26-13-14-29-25-17(3)4/h9,15-16H,5-8,10-14H2,1-4H3. The largest absolute Gasteiger partial charge is 0.493 e. The summed E-state index contributed by atoms with van der Waals surface area (Å²) in [5.41, 5.74) is 3.18. The quantitative estimate of drug-likeness (QED) is 0.186. The molecule has 0 saturated carbocycles. The van der Waals surface area contributed by atoms with E-state index in [1.54, 1.807) is 6.08 Å². The molecule has 1 aromatic carbocycles. The van der Waals surface area contributed by atoms with E-state index in [2.05, 4.69) is 19.0 Å². The zero-order chi connectivity index (χ0) is 21.5. The molecule has 0 amide bonds. The predicted octanol–water partition coefficient (Wildman–Crippen LogP) is 6.10. The van der Waals surface area contributed by atoms with E-state index in [0.29, 0.717) is 33.0 Å². The Kier molecular flexibility index (Phi) is 13.6. The molecule has 0 fully saturated rings. The van der Waals surface area contributed by atoms with Gasteiger partial charge in [0.1, 0.15) is 29.2 Å². The number of nitrogens with zero attached hydrogens (tertiary/aromatic N) is 1. The molecule has 0 aliphatic carbocycles. The molecule has 0 unspecified atom stereocenters. The van der Waals surface area contributed by atoms with Crippen LogP contribution in [0.1, 0.15) is 51.7 Å². The summed E-state index contributed by atoms with van der Waals surface area (Å²) in [6.07, 6.45) is 5.22. The summed E-state index contributed by atoms with van der Waals surface area (Å²) in [4.78, 5) is 5.09. The Hall–Kier alpha value is -1.43. The van der Waals surface area contributed by atoms with E-state index in [0.717, 1.165) is 54.0 Å². The van der Waals surface area contributed by atoms with Gasteiger partial charge >= 0.3 is 0 Å². The van der Waals surface area contributed by atoms with E-state index >= 15 is 0 Å². The second-order valence-corrected chi connectivity index (χ2v) is 7.63. The molecular weight excluding hydrogens is 413 g/mol. The normalized spacial score (nSPS) is 10.4. The molecule has 0 radical (unpaired) electrons. The molecular formula is C22H33Cl2NO4. The van der Waals surface area contributed by atoms with Crippen molar-refractivity contribution in [3.8, 4) is 11.5 Å². The third-order valence-corrected chi connectivity index (χ3v) is 4.27.